The third-order valence-corrected chi connectivity index (χ3v) is 6.28. The molecule has 3 atom stereocenters. The van der Waals surface area contributed by atoms with Crippen LogP contribution in [0.5, 0.6) is 0 Å². The number of amides is 1. The van der Waals surface area contributed by atoms with Crippen LogP contribution in [0.2, 0.25) is 0 Å². The summed E-state index contributed by atoms with van der Waals surface area (Å²) < 4.78 is 5.32. The number of nitrogens with one attached hydrogen (secondary N) is 1. The number of carbonyl (C=O) groups excluding carboxylic acids is 2. The third-order valence-electron chi connectivity index (χ3n) is 6.28. The number of hydrogen-bond acceptors (Lipinski definition) is 10. The van der Waals surface area contributed by atoms with E-state index in [1.54, 1.807) is 6.92 Å². The van der Waals surface area contributed by atoms with Crippen molar-refractivity contribution in [3.05, 3.63) is 80.4 Å². The van der Waals surface area contributed by atoms with Crippen molar-refractivity contribution in [2.45, 2.75) is 64.0 Å². The second kappa shape index (κ2) is 17.8. The lowest BCUT2D eigenvalue weighted by atomic mass is 9.94. The first-order chi connectivity index (χ1) is 20.0. The number of rotatable bonds is 20. The second-order valence-corrected chi connectivity index (χ2v) is 9.70. The van der Waals surface area contributed by atoms with Gasteiger partial charge in [-0.25, -0.2) is 0 Å². The average Bonchev–Trinajstić information content (AvgIpc) is 2.94. The van der Waals surface area contributed by atoms with Gasteiger partial charge in [-0.1, -0.05) is 61.5 Å². The lowest BCUT2D eigenvalue weighted by Gasteiger charge is -2.22. The number of hydrogen-bond donors (Lipinski definition) is 2. The monoisotopic (exact) mass is 589 g/mol. The summed E-state index contributed by atoms with van der Waals surface area (Å²) in [5.41, 5.74) is 3.01. The molecule has 0 aliphatic carbocycles. The molecular weight excluding hydrogens is 554 g/mol. The van der Waals surface area contributed by atoms with Crippen molar-refractivity contribution >= 4 is 17.8 Å². The maximum absolute atomic E-state index is 12.6. The largest absolute Gasteiger partial charge is 0.481 e. The molecule has 228 valence electrons. The van der Waals surface area contributed by atoms with Crippen LogP contribution in [0.1, 0.15) is 51.0 Å². The van der Waals surface area contributed by atoms with Crippen LogP contribution in [0.15, 0.2) is 54.6 Å². The first kappa shape index (κ1) is 33.5. The number of carboxylic acid groups (broad SMARTS) is 1. The van der Waals surface area contributed by atoms with Gasteiger partial charge in [-0.05, 0) is 48.8 Å². The van der Waals surface area contributed by atoms with Crippen LogP contribution in [0.4, 0.5) is 0 Å². The summed E-state index contributed by atoms with van der Waals surface area (Å²) in [6, 6.07) is 17.2. The van der Waals surface area contributed by atoms with Crippen LogP contribution in [0, 0.1) is 26.1 Å². The smallest absolute Gasteiger partial charge is 0.308 e. The lowest BCUT2D eigenvalue weighted by Crippen LogP contribution is -2.39. The van der Waals surface area contributed by atoms with Gasteiger partial charge in [0.1, 0.15) is 12.7 Å². The molecule has 2 rings (SSSR count). The number of aliphatic carboxylic acids is 1. The van der Waals surface area contributed by atoms with E-state index in [1.807, 2.05) is 54.6 Å². The standard InChI is InChI=1S/C28H35N3O11/c1-20(28(35)40-16-6-5-9-25(42-31(38)39)19-41-30(36)37)17-24(29-26(32)14-15-27(33)34)18-21-10-12-23(13-11-21)22-7-3-2-4-8-22/h2-4,7-8,10-13,20,24-25H,5-6,9,14-19H2,1H3,(H,29,32)(H,33,34)/t20?,24-,25+/m0/s1. The Morgan fingerprint density at radius 2 is 1.60 bits per heavy atom. The minimum Gasteiger partial charge on any atom is -0.481 e. The fourth-order valence-electron chi connectivity index (χ4n) is 4.21. The highest BCUT2D eigenvalue weighted by Gasteiger charge is 2.23. The molecule has 1 unspecified atom stereocenters. The summed E-state index contributed by atoms with van der Waals surface area (Å²) in [6.45, 7) is 1.08. The minimum absolute atomic E-state index is 0.0149. The molecule has 0 saturated heterocycles. The highest BCUT2D eigenvalue weighted by atomic mass is 17.0. The molecule has 0 aliphatic heterocycles. The zero-order valence-corrected chi connectivity index (χ0v) is 23.2. The summed E-state index contributed by atoms with van der Waals surface area (Å²) in [4.78, 5) is 65.3. The average molecular weight is 590 g/mol. The van der Waals surface area contributed by atoms with Crippen molar-refractivity contribution in [1.29, 1.82) is 0 Å². The van der Waals surface area contributed by atoms with Gasteiger partial charge in [0.2, 0.25) is 5.91 Å². The molecule has 2 N–H and O–H groups in total. The van der Waals surface area contributed by atoms with Crippen molar-refractivity contribution in [2.24, 2.45) is 5.92 Å². The Labute approximate surface area is 242 Å². The van der Waals surface area contributed by atoms with Gasteiger partial charge in [0.05, 0.1) is 18.9 Å². The van der Waals surface area contributed by atoms with Crippen LogP contribution in [0.3, 0.4) is 0 Å². The zero-order valence-electron chi connectivity index (χ0n) is 23.2. The number of benzene rings is 2. The number of esters is 1. The molecule has 0 saturated carbocycles. The molecule has 14 heteroatoms. The Hall–Kier alpha value is -4.75. The Kier molecular flexibility index (Phi) is 14.2. The van der Waals surface area contributed by atoms with E-state index < -0.39 is 52.7 Å². The molecule has 2 aromatic rings. The van der Waals surface area contributed by atoms with E-state index in [-0.39, 0.29) is 32.3 Å². The van der Waals surface area contributed by atoms with Gasteiger partial charge in [-0.3, -0.25) is 14.4 Å². The van der Waals surface area contributed by atoms with Crippen LogP contribution < -0.4 is 5.32 Å². The summed E-state index contributed by atoms with van der Waals surface area (Å²) in [5.74, 6) is -2.63. The highest BCUT2D eigenvalue weighted by Crippen LogP contribution is 2.21. The lowest BCUT2D eigenvalue weighted by molar-refractivity contribution is -0.790. The van der Waals surface area contributed by atoms with Gasteiger partial charge in [0, 0.05) is 12.5 Å². The molecule has 14 nitrogen and oxygen atoms in total. The van der Waals surface area contributed by atoms with E-state index >= 15 is 0 Å². The first-order valence-electron chi connectivity index (χ1n) is 13.4. The number of ether oxygens (including phenoxy) is 1. The van der Waals surface area contributed by atoms with Gasteiger partial charge in [-0.2, -0.15) is 0 Å². The van der Waals surface area contributed by atoms with Gasteiger partial charge in [-0.15, -0.1) is 20.2 Å². The van der Waals surface area contributed by atoms with Gasteiger partial charge in [0.25, 0.3) is 10.2 Å². The Morgan fingerprint density at radius 1 is 0.929 bits per heavy atom. The predicted molar refractivity (Wildman–Crippen MR) is 148 cm³/mol. The molecule has 0 aromatic heterocycles. The fourth-order valence-corrected chi connectivity index (χ4v) is 4.21. The van der Waals surface area contributed by atoms with Crippen LogP contribution in [-0.4, -0.2) is 58.5 Å². The van der Waals surface area contributed by atoms with E-state index in [2.05, 4.69) is 15.0 Å². The SMILES string of the molecule is CC(C[C@@H](Cc1ccc(-c2ccccc2)cc1)NC(=O)CCC(=O)O)C(=O)OCCCC[C@H](CO[N+](=O)[O-])O[N+](=O)[O-]. The van der Waals surface area contributed by atoms with Crippen molar-refractivity contribution < 1.29 is 44.1 Å². The number of unbranched alkanes of at least 4 members (excludes halogenated alkanes) is 1. The molecule has 1 amide bonds. The first-order valence-corrected chi connectivity index (χ1v) is 13.4. The Balaban J connectivity index is 1.91. The van der Waals surface area contributed by atoms with E-state index in [1.165, 1.54) is 0 Å². The van der Waals surface area contributed by atoms with E-state index in [0.29, 0.717) is 19.3 Å². The van der Waals surface area contributed by atoms with Crippen molar-refractivity contribution in [1.82, 2.24) is 5.32 Å². The number of carboxylic acids is 1. The summed E-state index contributed by atoms with van der Waals surface area (Å²) in [6.07, 6.45) is -0.244. The summed E-state index contributed by atoms with van der Waals surface area (Å²) in [5, 5.41) is 30.5. The molecule has 0 radical (unpaired) electrons. The highest BCUT2D eigenvalue weighted by molar-refractivity contribution is 5.81. The van der Waals surface area contributed by atoms with Crippen LogP contribution in [0.25, 0.3) is 11.1 Å². The topological polar surface area (TPSA) is 197 Å². The van der Waals surface area contributed by atoms with Gasteiger partial charge >= 0.3 is 11.9 Å². The van der Waals surface area contributed by atoms with Gasteiger partial charge in [0.15, 0.2) is 0 Å². The second-order valence-electron chi connectivity index (χ2n) is 9.70. The maximum Gasteiger partial charge on any atom is 0.308 e. The Morgan fingerprint density at radius 3 is 2.21 bits per heavy atom. The van der Waals surface area contributed by atoms with Gasteiger partial charge < -0.3 is 24.8 Å². The third kappa shape index (κ3) is 13.5. The normalized spacial score (nSPS) is 12.8. The minimum atomic E-state index is -1.13. The fraction of sp³-hybridized carbons (Fsp3) is 0.464. The molecular formula is C28H35N3O11. The van der Waals surface area contributed by atoms with Crippen molar-refractivity contribution in [2.75, 3.05) is 13.2 Å². The molecule has 2 aromatic carbocycles. The van der Waals surface area contributed by atoms with Crippen molar-refractivity contribution in [3.63, 3.8) is 0 Å². The molecule has 0 spiro atoms. The zero-order chi connectivity index (χ0) is 30.9. The van der Waals surface area contributed by atoms with E-state index in [9.17, 15) is 34.6 Å². The molecule has 0 aliphatic rings. The number of carbonyl (C=O) groups is 3. The Bertz CT molecular complexity index is 1180. The van der Waals surface area contributed by atoms with E-state index in [4.69, 9.17) is 9.84 Å². The molecule has 42 heavy (non-hydrogen) atoms. The van der Waals surface area contributed by atoms with E-state index in [0.717, 1.165) is 16.7 Å². The van der Waals surface area contributed by atoms with Crippen LogP contribution >= 0.6 is 0 Å². The summed E-state index contributed by atoms with van der Waals surface area (Å²) in [7, 11) is 0. The predicted octanol–water partition coefficient (Wildman–Crippen LogP) is 3.77. The maximum atomic E-state index is 12.6. The summed E-state index contributed by atoms with van der Waals surface area (Å²) >= 11 is 0. The molecule has 0 bridgehead atoms. The molecule has 0 fully saturated rings. The van der Waals surface area contributed by atoms with Crippen molar-refractivity contribution in [3.8, 4) is 11.1 Å². The quantitative estimate of drug-likeness (QED) is 0.0986. The number of nitrogens with zero attached hydrogens (tertiary/aromatic N) is 2. The molecule has 0 heterocycles. The van der Waals surface area contributed by atoms with Crippen LogP contribution in [-0.2, 0) is 35.2 Å².